The first-order valence-corrected chi connectivity index (χ1v) is 13.3. The van der Waals surface area contributed by atoms with E-state index in [0.717, 1.165) is 31.9 Å². The van der Waals surface area contributed by atoms with Crippen molar-refractivity contribution in [2.24, 2.45) is 11.8 Å². The Kier molecular flexibility index (Phi) is 6.84. The highest BCUT2D eigenvalue weighted by Gasteiger charge is 2.39. The highest BCUT2D eigenvalue weighted by Crippen LogP contribution is 2.34. The largest absolute Gasteiger partial charge is 0.304 e. The van der Waals surface area contributed by atoms with Gasteiger partial charge in [-0.05, 0) is 72.9 Å². The van der Waals surface area contributed by atoms with E-state index in [9.17, 15) is 28.1 Å². The Morgan fingerprint density at radius 1 is 1.12 bits per heavy atom. The molecule has 0 radical (unpaired) electrons. The molecule has 2 heterocycles. The molecule has 0 spiro atoms. The van der Waals surface area contributed by atoms with Gasteiger partial charge in [-0.2, -0.15) is 10.5 Å². The summed E-state index contributed by atoms with van der Waals surface area (Å²) in [6, 6.07) is 13.1. The number of nitrogens with one attached hydrogen (secondary N) is 1. The van der Waals surface area contributed by atoms with E-state index in [1.165, 1.54) is 24.3 Å². The van der Waals surface area contributed by atoms with Gasteiger partial charge in [0.15, 0.2) is 15.6 Å². The van der Waals surface area contributed by atoms with Gasteiger partial charge in [-0.15, -0.1) is 0 Å². The van der Waals surface area contributed by atoms with Crippen LogP contribution in [-0.4, -0.2) is 32.5 Å². The van der Waals surface area contributed by atoms with Crippen molar-refractivity contribution in [2.45, 2.75) is 55.5 Å². The number of sulfone groups is 1. The number of piperidine rings is 2. The number of fused-ring (bicyclic) bond motifs is 3. The lowest BCUT2D eigenvalue weighted by atomic mass is 9.74. The van der Waals surface area contributed by atoms with Crippen LogP contribution in [0, 0.1) is 40.3 Å². The monoisotopic (exact) mass is 479 g/mol. The zero-order valence-electron chi connectivity index (χ0n) is 18.9. The molecule has 1 saturated carbocycles. The van der Waals surface area contributed by atoms with E-state index in [1.807, 2.05) is 6.07 Å². The fourth-order valence-corrected chi connectivity index (χ4v) is 6.00. The van der Waals surface area contributed by atoms with Crippen LogP contribution in [0.3, 0.4) is 0 Å². The van der Waals surface area contributed by atoms with Crippen LogP contribution in [0.2, 0.25) is 0 Å². The fourth-order valence-electron chi connectivity index (χ4n) is 5.18. The van der Waals surface area contributed by atoms with Crippen molar-refractivity contribution in [1.29, 1.82) is 10.5 Å². The van der Waals surface area contributed by atoms with Crippen LogP contribution in [0.5, 0.6) is 0 Å². The lowest BCUT2D eigenvalue weighted by Gasteiger charge is -2.43. The van der Waals surface area contributed by atoms with Crippen molar-refractivity contribution >= 4 is 15.6 Å². The van der Waals surface area contributed by atoms with Crippen molar-refractivity contribution in [1.82, 2.24) is 5.32 Å². The van der Waals surface area contributed by atoms with Crippen LogP contribution >= 0.6 is 0 Å². The molecule has 1 aliphatic carbocycles. The molecule has 176 valence electrons. The molecule has 5 rings (SSSR count). The molecule has 2 atom stereocenters. The highest BCUT2D eigenvalue weighted by molar-refractivity contribution is 7.90. The second-order valence-corrected chi connectivity index (χ2v) is 11.3. The number of carbonyl (C=O) groups excluding carboxylic acids is 1. The Morgan fingerprint density at radius 3 is 2.35 bits per heavy atom. The molecule has 8 heteroatoms. The summed E-state index contributed by atoms with van der Waals surface area (Å²) in [4.78, 5) is 12.8. The SMILES string of the molecule is CS(=O)(=O)c1ccc(-c2ccc(C[C@@H](C#N)CC(=O)C3NC4CCC3CC4)c(F)c2)cc1C#N. The highest BCUT2D eigenvalue weighted by atomic mass is 32.2. The van der Waals surface area contributed by atoms with Gasteiger partial charge in [0, 0.05) is 18.7 Å². The molecule has 0 amide bonds. The van der Waals surface area contributed by atoms with E-state index in [4.69, 9.17) is 0 Å². The van der Waals surface area contributed by atoms with Gasteiger partial charge in [0.2, 0.25) is 0 Å². The van der Waals surface area contributed by atoms with Gasteiger partial charge < -0.3 is 5.32 Å². The maximum atomic E-state index is 14.9. The Bertz CT molecular complexity index is 1300. The summed E-state index contributed by atoms with van der Waals surface area (Å²) in [5.41, 5.74) is 1.34. The van der Waals surface area contributed by atoms with Gasteiger partial charge in [-0.3, -0.25) is 4.79 Å². The zero-order valence-corrected chi connectivity index (χ0v) is 19.7. The van der Waals surface area contributed by atoms with Crippen molar-refractivity contribution in [3.63, 3.8) is 0 Å². The Hall–Kier alpha value is -3.07. The number of nitriles is 2. The van der Waals surface area contributed by atoms with E-state index in [2.05, 4.69) is 11.4 Å². The van der Waals surface area contributed by atoms with Crippen molar-refractivity contribution in [3.8, 4) is 23.3 Å². The first-order valence-electron chi connectivity index (χ1n) is 11.4. The lowest BCUT2D eigenvalue weighted by Crippen LogP contribution is -2.56. The molecule has 1 N–H and O–H groups in total. The minimum atomic E-state index is -3.56. The van der Waals surface area contributed by atoms with Gasteiger partial charge in [0.1, 0.15) is 11.9 Å². The Balaban J connectivity index is 1.48. The minimum absolute atomic E-state index is 0.00225. The number of ketones is 1. The van der Waals surface area contributed by atoms with Crippen molar-refractivity contribution in [2.75, 3.05) is 6.26 Å². The number of benzene rings is 2. The molecule has 1 unspecified atom stereocenters. The predicted molar refractivity (Wildman–Crippen MR) is 125 cm³/mol. The van der Waals surface area contributed by atoms with Gasteiger partial charge in [0.05, 0.1) is 28.5 Å². The van der Waals surface area contributed by atoms with E-state index in [1.54, 1.807) is 12.1 Å². The van der Waals surface area contributed by atoms with Gasteiger partial charge >= 0.3 is 0 Å². The summed E-state index contributed by atoms with van der Waals surface area (Å²) < 4.78 is 38.6. The maximum Gasteiger partial charge on any atom is 0.176 e. The van der Waals surface area contributed by atoms with E-state index >= 15 is 0 Å². The number of Topliss-reactive ketones (excluding diaryl/α,β-unsaturated/α-hetero) is 1. The average Bonchev–Trinajstić information content (AvgIpc) is 2.84. The zero-order chi connectivity index (χ0) is 24.5. The topological polar surface area (TPSA) is 111 Å². The Labute approximate surface area is 199 Å². The second-order valence-electron chi connectivity index (χ2n) is 9.36. The van der Waals surface area contributed by atoms with E-state index in [-0.39, 0.29) is 35.1 Å². The molecule has 6 nitrogen and oxygen atoms in total. The smallest absolute Gasteiger partial charge is 0.176 e. The summed E-state index contributed by atoms with van der Waals surface area (Å²) >= 11 is 0. The number of nitrogens with zero attached hydrogens (tertiary/aromatic N) is 2. The summed E-state index contributed by atoms with van der Waals surface area (Å²) in [5.74, 6) is -0.756. The predicted octanol–water partition coefficient (Wildman–Crippen LogP) is 3.94. The van der Waals surface area contributed by atoms with Gasteiger partial charge in [-0.1, -0.05) is 18.2 Å². The van der Waals surface area contributed by atoms with Crippen LogP contribution in [-0.2, 0) is 21.1 Å². The van der Waals surface area contributed by atoms with Crippen LogP contribution < -0.4 is 5.32 Å². The van der Waals surface area contributed by atoms with E-state index in [0.29, 0.717) is 28.7 Å². The third kappa shape index (κ3) is 5.04. The molecule has 3 fully saturated rings. The van der Waals surface area contributed by atoms with Crippen LogP contribution in [0.1, 0.15) is 43.2 Å². The summed E-state index contributed by atoms with van der Waals surface area (Å²) in [7, 11) is -3.56. The first-order chi connectivity index (χ1) is 16.2. The van der Waals surface area contributed by atoms with Crippen LogP contribution in [0.25, 0.3) is 11.1 Å². The molecule has 2 bridgehead atoms. The van der Waals surface area contributed by atoms with Crippen molar-refractivity contribution in [3.05, 3.63) is 53.3 Å². The Morgan fingerprint density at radius 2 is 1.79 bits per heavy atom. The molecular weight excluding hydrogens is 453 g/mol. The normalized spacial score (nSPS) is 22.5. The standard InChI is InChI=1S/C26H26FN3O3S/c1-34(32,33)25-9-6-18(12-21(25)15-29)19-2-3-20(23(27)13-19)10-16(14-28)11-24(31)26-17-4-7-22(30-26)8-5-17/h2-3,6,9,12-13,16-17,22,26,30H,4-5,7-8,10-11H2,1H3/t16-,17?,22?,26?/m1/s1. The maximum absolute atomic E-state index is 14.9. The fraction of sp³-hybridized carbons (Fsp3) is 0.423. The third-order valence-corrected chi connectivity index (χ3v) is 8.14. The number of hydrogen-bond donors (Lipinski definition) is 1. The summed E-state index contributed by atoms with van der Waals surface area (Å²) in [6.45, 7) is 0. The van der Waals surface area contributed by atoms with Gasteiger partial charge in [-0.25, -0.2) is 12.8 Å². The van der Waals surface area contributed by atoms with Crippen LogP contribution in [0.4, 0.5) is 4.39 Å². The molecule has 2 aliphatic heterocycles. The minimum Gasteiger partial charge on any atom is -0.304 e. The number of halogens is 1. The molecule has 2 aromatic rings. The molecule has 0 aromatic heterocycles. The van der Waals surface area contributed by atoms with Crippen molar-refractivity contribution < 1.29 is 17.6 Å². The van der Waals surface area contributed by atoms with Crippen LogP contribution in [0.15, 0.2) is 41.3 Å². The molecule has 2 saturated heterocycles. The summed E-state index contributed by atoms with van der Waals surface area (Å²) in [5, 5.41) is 22.4. The lowest BCUT2D eigenvalue weighted by molar-refractivity contribution is -0.125. The summed E-state index contributed by atoms with van der Waals surface area (Å²) in [6.07, 6.45) is 5.53. The molecule has 3 aliphatic rings. The average molecular weight is 480 g/mol. The molecule has 34 heavy (non-hydrogen) atoms. The number of carbonyl (C=O) groups is 1. The van der Waals surface area contributed by atoms with Gasteiger partial charge in [0.25, 0.3) is 0 Å². The molecular formula is C26H26FN3O3S. The second kappa shape index (κ2) is 9.66. The molecule has 2 aromatic carbocycles. The number of hydrogen-bond acceptors (Lipinski definition) is 6. The third-order valence-electron chi connectivity index (χ3n) is 6.99. The number of rotatable bonds is 7. The van der Waals surface area contributed by atoms with E-state index < -0.39 is 21.6 Å². The first kappa shape index (κ1) is 24.1. The quantitative estimate of drug-likeness (QED) is 0.644.